The predicted octanol–water partition coefficient (Wildman–Crippen LogP) is -7.28. The molecule has 0 saturated carbocycles. The monoisotopic (exact) mass is 685 g/mol. The molecule has 240 valence electrons. The first-order valence-electron chi connectivity index (χ1n) is 12.6. The molecule has 0 spiro atoms. The van der Waals surface area contributed by atoms with E-state index in [0.717, 1.165) is 6.33 Å². The molecular formula is C21H26N7NaO14P2. The Morgan fingerprint density at radius 2 is 1.62 bits per heavy atom. The predicted molar refractivity (Wildman–Crippen MR) is 135 cm³/mol. The van der Waals surface area contributed by atoms with E-state index in [2.05, 4.69) is 28.3 Å². The van der Waals surface area contributed by atoms with E-state index in [1.807, 2.05) is 0 Å². The first-order chi connectivity index (χ1) is 20.7. The summed E-state index contributed by atoms with van der Waals surface area (Å²) in [5.74, 6) is -0.743. The molecule has 3 aromatic heterocycles. The van der Waals surface area contributed by atoms with Crippen LogP contribution in [-0.4, -0.2) is 95.7 Å². The van der Waals surface area contributed by atoms with Crippen molar-refractivity contribution in [2.75, 3.05) is 18.9 Å². The summed E-state index contributed by atoms with van der Waals surface area (Å²) in [6.45, 7) is -1.98. The molecule has 1 amide bonds. The van der Waals surface area contributed by atoms with E-state index in [4.69, 9.17) is 20.9 Å². The standard InChI is InChI=1S/C21H27N7O14P2.Na/c22-17-12-19(25-7-24-17)28(8-26-12)21-16(32)14(30)11(41-21)6-39-44(36,37)42-43(34,35)38-5-10-13(29)15(31)20(40-10)27-3-1-2-9(4-27)18(23)33;/h1-4,7-8,10-11,13-16,20-21,29-32H,5-6H2,(H5-,22,23,24,25,33,34,35,36,37);/q;+1/p-1/t10-,11-,13?,14?,15+,16+,20-,21-;/m1./s1. The average Bonchev–Trinajstić information content (AvgIpc) is 3.61. The van der Waals surface area contributed by atoms with Crippen molar-refractivity contribution in [3.63, 3.8) is 0 Å². The molecular weight excluding hydrogens is 659 g/mol. The molecule has 2 aliphatic heterocycles. The number of hydrogen-bond acceptors (Lipinski definition) is 18. The van der Waals surface area contributed by atoms with Gasteiger partial charge in [-0.15, -0.1) is 0 Å². The summed E-state index contributed by atoms with van der Waals surface area (Å²) < 4.78 is 51.1. The molecule has 5 rings (SSSR count). The van der Waals surface area contributed by atoms with Gasteiger partial charge in [-0.25, -0.2) is 19.3 Å². The number of pyridine rings is 1. The number of phosphoric ester groups is 2. The number of amides is 1. The molecule has 0 bridgehead atoms. The molecule has 10 atom stereocenters. The molecule has 0 radical (unpaired) electrons. The fraction of sp³-hybridized carbons (Fsp3) is 0.476. The van der Waals surface area contributed by atoms with Gasteiger partial charge in [-0.05, 0) is 6.07 Å². The summed E-state index contributed by atoms with van der Waals surface area (Å²) in [5, 5.41) is 41.5. The van der Waals surface area contributed by atoms with Crippen molar-refractivity contribution in [1.82, 2.24) is 19.5 Å². The van der Waals surface area contributed by atoms with Crippen molar-refractivity contribution in [3.05, 3.63) is 42.7 Å². The number of ether oxygens (including phenoxy) is 2. The van der Waals surface area contributed by atoms with Crippen molar-refractivity contribution in [3.8, 4) is 0 Å². The summed E-state index contributed by atoms with van der Waals surface area (Å²) in [6, 6.07) is 2.80. The van der Waals surface area contributed by atoms with E-state index in [0.29, 0.717) is 0 Å². The number of aliphatic hydroxyl groups excluding tert-OH is 4. The zero-order valence-corrected chi connectivity index (χ0v) is 26.9. The molecule has 4 unspecified atom stereocenters. The van der Waals surface area contributed by atoms with E-state index < -0.39 is 83.8 Å². The number of aliphatic hydroxyl groups is 4. The number of phosphoric acid groups is 2. The van der Waals surface area contributed by atoms with Crippen LogP contribution in [0.15, 0.2) is 37.2 Å². The summed E-state index contributed by atoms with van der Waals surface area (Å²) in [7, 11) is -11.4. The van der Waals surface area contributed by atoms with Gasteiger partial charge in [0.25, 0.3) is 27.8 Å². The van der Waals surface area contributed by atoms with Crippen LogP contribution in [0.25, 0.3) is 11.2 Å². The van der Waals surface area contributed by atoms with Gasteiger partial charge in [0.1, 0.15) is 47.9 Å². The molecule has 8 N–H and O–H groups in total. The van der Waals surface area contributed by atoms with Crippen LogP contribution in [0.3, 0.4) is 0 Å². The fourth-order valence-electron chi connectivity index (χ4n) is 4.56. The van der Waals surface area contributed by atoms with Crippen LogP contribution >= 0.6 is 15.6 Å². The minimum absolute atomic E-state index is 0. The van der Waals surface area contributed by atoms with Gasteiger partial charge in [0, 0.05) is 6.07 Å². The zero-order valence-electron chi connectivity index (χ0n) is 23.2. The third-order valence-corrected chi connectivity index (χ3v) is 9.26. The number of fused-ring (bicyclic) bond motifs is 1. The third kappa shape index (κ3) is 7.77. The van der Waals surface area contributed by atoms with Crippen molar-refractivity contribution in [2.24, 2.45) is 5.73 Å². The first kappa shape index (κ1) is 35.8. The normalized spacial score (nSPS) is 30.9. The van der Waals surface area contributed by atoms with Gasteiger partial charge in [0.2, 0.25) is 0 Å². The Bertz CT molecular complexity index is 1640. The molecule has 2 saturated heterocycles. The summed E-state index contributed by atoms with van der Waals surface area (Å²) >= 11 is 0. The second kappa shape index (κ2) is 14.0. The van der Waals surface area contributed by atoms with Gasteiger partial charge in [0.05, 0.1) is 19.5 Å². The van der Waals surface area contributed by atoms with E-state index in [1.54, 1.807) is 0 Å². The molecule has 2 aliphatic rings. The number of rotatable bonds is 11. The van der Waals surface area contributed by atoms with Crippen molar-refractivity contribution in [2.45, 2.75) is 49.1 Å². The van der Waals surface area contributed by atoms with Crippen LogP contribution in [0.1, 0.15) is 22.8 Å². The number of nitrogens with zero attached hydrogens (tertiary/aromatic N) is 5. The average molecular weight is 685 g/mol. The molecule has 21 nitrogen and oxygen atoms in total. The summed E-state index contributed by atoms with van der Waals surface area (Å²) in [6.07, 6.45) is -7.26. The van der Waals surface area contributed by atoms with Gasteiger partial charge in [-0.3, -0.25) is 18.5 Å². The summed E-state index contributed by atoms with van der Waals surface area (Å²) in [4.78, 5) is 47.8. The number of hydrogen-bond donors (Lipinski definition) is 6. The Morgan fingerprint density at radius 1 is 1.00 bits per heavy atom. The van der Waals surface area contributed by atoms with E-state index in [9.17, 15) is 44.1 Å². The van der Waals surface area contributed by atoms with E-state index >= 15 is 0 Å². The molecule has 45 heavy (non-hydrogen) atoms. The maximum atomic E-state index is 12.3. The Labute approximate surface area is 274 Å². The number of carbonyl (C=O) groups excluding carboxylic acids is 1. The number of primary amides is 1. The molecule has 24 heteroatoms. The summed E-state index contributed by atoms with van der Waals surface area (Å²) in [5.41, 5.74) is 11.3. The minimum atomic E-state index is -5.68. The van der Waals surface area contributed by atoms with Crippen LogP contribution in [-0.2, 0) is 32.0 Å². The van der Waals surface area contributed by atoms with Gasteiger partial charge >= 0.3 is 29.6 Å². The van der Waals surface area contributed by atoms with Gasteiger partial charge < -0.3 is 60.2 Å². The number of anilines is 1. The van der Waals surface area contributed by atoms with Crippen LogP contribution in [0.4, 0.5) is 5.82 Å². The molecule has 2 fully saturated rings. The van der Waals surface area contributed by atoms with Crippen LogP contribution in [0.5, 0.6) is 0 Å². The number of nitrogens with two attached hydrogens (primary N) is 2. The van der Waals surface area contributed by atoms with Crippen LogP contribution in [0, 0.1) is 0 Å². The SMILES string of the molecule is NC(=O)c1ccc[n+]([C@@H]2O[C@H](COP(=O)([O-])OP(=O)([O-])OC[C@H]3O[C@@H](n4cnc5c(N)ncnc54)[C@@H](O)C3O)C(O)[C@@H]2O)c1.[Na+]. The second-order valence-corrected chi connectivity index (χ2v) is 12.6. The smallest absolute Gasteiger partial charge is 0.756 e. The quantitative estimate of drug-likeness (QED) is 0.0620. The van der Waals surface area contributed by atoms with Crippen LogP contribution < -0.4 is 55.4 Å². The number of imidazole rings is 1. The fourth-order valence-corrected chi connectivity index (χ4v) is 6.58. The maximum Gasteiger partial charge on any atom is 1.00 e. The Kier molecular flexibility index (Phi) is 11.1. The number of nitrogen functional groups attached to an aromatic ring is 1. The Morgan fingerprint density at radius 3 is 2.27 bits per heavy atom. The number of aromatic nitrogens is 5. The van der Waals surface area contributed by atoms with Crippen molar-refractivity contribution >= 4 is 38.5 Å². The largest absolute Gasteiger partial charge is 1.00 e. The topological polar surface area (TPSA) is 324 Å². The van der Waals surface area contributed by atoms with Gasteiger partial charge in [-0.1, -0.05) is 0 Å². The molecule has 3 aromatic rings. The van der Waals surface area contributed by atoms with Gasteiger partial charge in [0.15, 0.2) is 36.2 Å². The minimum Gasteiger partial charge on any atom is -0.756 e. The molecule has 5 heterocycles. The molecule has 0 aliphatic carbocycles. The maximum absolute atomic E-state index is 12.3. The Balaban J connectivity index is 0.00000461. The zero-order chi connectivity index (χ0) is 32.0. The first-order valence-corrected chi connectivity index (χ1v) is 15.5. The van der Waals surface area contributed by atoms with Gasteiger partial charge in [-0.2, -0.15) is 4.57 Å². The molecule has 0 aromatic carbocycles. The second-order valence-electron chi connectivity index (χ2n) is 9.65. The van der Waals surface area contributed by atoms with Crippen molar-refractivity contribution < 1.29 is 101 Å². The Hall–Kier alpha value is -2.01. The van der Waals surface area contributed by atoms with E-state index in [1.165, 1.54) is 40.0 Å². The van der Waals surface area contributed by atoms with Crippen molar-refractivity contribution in [1.29, 1.82) is 0 Å². The number of carbonyl (C=O) groups is 1. The van der Waals surface area contributed by atoms with Crippen LogP contribution in [0.2, 0.25) is 0 Å². The van der Waals surface area contributed by atoms with E-state index in [-0.39, 0.29) is 52.1 Å². The third-order valence-electron chi connectivity index (χ3n) is 6.73.